The predicted octanol–water partition coefficient (Wildman–Crippen LogP) is 3.73. The zero-order valence-corrected chi connectivity index (χ0v) is 12.2. The molecule has 1 aliphatic carbocycles. The number of methoxy groups -OCH3 is 1. The van der Waals surface area contributed by atoms with Crippen LogP contribution < -0.4 is 4.74 Å². The van der Waals surface area contributed by atoms with Gasteiger partial charge in [0.1, 0.15) is 5.75 Å². The Morgan fingerprint density at radius 1 is 1.56 bits per heavy atom. The third-order valence-electron chi connectivity index (χ3n) is 3.54. The van der Waals surface area contributed by atoms with Crippen LogP contribution in [0.15, 0.2) is 16.6 Å². The molecule has 0 saturated heterocycles. The lowest BCUT2D eigenvalue weighted by molar-refractivity contribution is -0.137. The van der Waals surface area contributed by atoms with Gasteiger partial charge in [0, 0.05) is 0 Å². The van der Waals surface area contributed by atoms with Crippen molar-refractivity contribution in [2.24, 2.45) is 5.92 Å². The smallest absolute Gasteiger partial charge is 0.303 e. The summed E-state index contributed by atoms with van der Waals surface area (Å²) in [6.45, 7) is 2.02. The summed E-state index contributed by atoms with van der Waals surface area (Å²) in [4.78, 5) is 11.0. The summed E-state index contributed by atoms with van der Waals surface area (Å²) in [5, 5.41) is 9.08. The standard InChI is InChI=1S/C14H17BrO3/c1-8-3-6-11(18-2)14(15)13(8)10(7-12(16)17)9-4-5-9/h3,6,9-10H,4-5,7H2,1-2H3,(H,16,17). The summed E-state index contributed by atoms with van der Waals surface area (Å²) < 4.78 is 6.21. The van der Waals surface area contributed by atoms with Gasteiger partial charge in [-0.3, -0.25) is 4.79 Å². The molecule has 18 heavy (non-hydrogen) atoms. The van der Waals surface area contributed by atoms with Gasteiger partial charge in [-0.25, -0.2) is 0 Å². The van der Waals surface area contributed by atoms with Crippen LogP contribution in [-0.4, -0.2) is 18.2 Å². The zero-order chi connectivity index (χ0) is 13.3. The van der Waals surface area contributed by atoms with Crippen molar-refractivity contribution in [3.63, 3.8) is 0 Å². The van der Waals surface area contributed by atoms with Crippen LogP contribution in [0.1, 0.15) is 36.3 Å². The molecule has 2 rings (SSSR count). The largest absolute Gasteiger partial charge is 0.496 e. The number of carbonyl (C=O) groups is 1. The molecule has 4 heteroatoms. The van der Waals surface area contributed by atoms with Crippen LogP contribution in [0, 0.1) is 12.8 Å². The Morgan fingerprint density at radius 2 is 2.22 bits per heavy atom. The predicted molar refractivity (Wildman–Crippen MR) is 73.1 cm³/mol. The topological polar surface area (TPSA) is 46.5 Å². The normalized spacial score (nSPS) is 16.4. The van der Waals surface area contributed by atoms with Gasteiger partial charge < -0.3 is 9.84 Å². The fourth-order valence-electron chi connectivity index (χ4n) is 2.47. The van der Waals surface area contributed by atoms with Gasteiger partial charge in [-0.15, -0.1) is 0 Å². The van der Waals surface area contributed by atoms with Gasteiger partial charge in [-0.05, 0) is 64.7 Å². The quantitative estimate of drug-likeness (QED) is 0.901. The Kier molecular flexibility index (Phi) is 3.95. The molecule has 0 bridgehead atoms. The van der Waals surface area contributed by atoms with E-state index in [4.69, 9.17) is 9.84 Å². The van der Waals surface area contributed by atoms with Gasteiger partial charge in [0.05, 0.1) is 18.0 Å². The monoisotopic (exact) mass is 312 g/mol. The van der Waals surface area contributed by atoms with Crippen molar-refractivity contribution in [3.8, 4) is 5.75 Å². The average Bonchev–Trinajstić information content (AvgIpc) is 3.11. The van der Waals surface area contributed by atoms with Crippen molar-refractivity contribution in [1.82, 2.24) is 0 Å². The van der Waals surface area contributed by atoms with Gasteiger partial charge in [-0.2, -0.15) is 0 Å². The molecule has 1 N–H and O–H groups in total. The molecule has 1 aromatic rings. The summed E-state index contributed by atoms with van der Waals surface area (Å²) in [5.74, 6) is 0.628. The van der Waals surface area contributed by atoms with Crippen molar-refractivity contribution < 1.29 is 14.6 Å². The van der Waals surface area contributed by atoms with Gasteiger partial charge in [-0.1, -0.05) is 6.07 Å². The van der Waals surface area contributed by atoms with Gasteiger partial charge >= 0.3 is 5.97 Å². The third-order valence-corrected chi connectivity index (χ3v) is 4.36. The van der Waals surface area contributed by atoms with E-state index in [1.165, 1.54) is 0 Å². The molecular formula is C14H17BrO3. The fourth-order valence-corrected chi connectivity index (χ4v) is 3.37. The molecule has 0 amide bonds. The second kappa shape index (κ2) is 5.31. The van der Waals surface area contributed by atoms with E-state index in [2.05, 4.69) is 15.9 Å². The van der Waals surface area contributed by atoms with Gasteiger partial charge in [0.2, 0.25) is 0 Å². The van der Waals surface area contributed by atoms with Crippen LogP contribution in [0.3, 0.4) is 0 Å². The van der Waals surface area contributed by atoms with E-state index in [0.717, 1.165) is 34.2 Å². The molecule has 0 spiro atoms. The maximum atomic E-state index is 11.0. The summed E-state index contributed by atoms with van der Waals surface area (Å²) in [6, 6.07) is 3.91. The summed E-state index contributed by atoms with van der Waals surface area (Å²) in [6.07, 6.45) is 2.44. The van der Waals surface area contributed by atoms with Crippen molar-refractivity contribution in [3.05, 3.63) is 27.7 Å². The number of ether oxygens (including phenoxy) is 1. The second-order valence-electron chi connectivity index (χ2n) is 4.85. The molecule has 1 saturated carbocycles. The minimum atomic E-state index is -0.735. The van der Waals surface area contributed by atoms with Crippen molar-refractivity contribution in [2.45, 2.75) is 32.1 Å². The van der Waals surface area contributed by atoms with Crippen LogP contribution in [0.4, 0.5) is 0 Å². The number of carboxylic acids is 1. The van der Waals surface area contributed by atoms with Crippen LogP contribution in [0.5, 0.6) is 5.75 Å². The Morgan fingerprint density at radius 3 is 2.72 bits per heavy atom. The molecule has 1 atom stereocenters. The Balaban J connectivity index is 2.42. The second-order valence-corrected chi connectivity index (χ2v) is 5.65. The molecule has 3 nitrogen and oxygen atoms in total. The zero-order valence-electron chi connectivity index (χ0n) is 10.6. The molecule has 0 radical (unpaired) electrons. The molecule has 0 heterocycles. The van der Waals surface area contributed by atoms with Crippen molar-refractivity contribution >= 4 is 21.9 Å². The lowest BCUT2D eigenvalue weighted by atomic mass is 9.88. The maximum absolute atomic E-state index is 11.0. The average molecular weight is 313 g/mol. The molecule has 1 aliphatic rings. The van der Waals surface area contributed by atoms with E-state index in [9.17, 15) is 4.79 Å². The Bertz CT molecular complexity index is 466. The number of rotatable bonds is 5. The SMILES string of the molecule is COc1ccc(C)c(C(CC(=O)O)C2CC2)c1Br. The first kappa shape index (κ1) is 13.4. The molecular weight excluding hydrogens is 296 g/mol. The molecule has 98 valence electrons. The summed E-state index contributed by atoms with van der Waals surface area (Å²) >= 11 is 3.56. The molecule has 1 unspecified atom stereocenters. The van der Waals surface area contributed by atoms with Crippen LogP contribution >= 0.6 is 15.9 Å². The summed E-state index contributed by atoms with van der Waals surface area (Å²) in [5.41, 5.74) is 2.22. The van der Waals surface area contributed by atoms with E-state index >= 15 is 0 Å². The minimum absolute atomic E-state index is 0.0898. The van der Waals surface area contributed by atoms with Gasteiger partial charge in [0.15, 0.2) is 0 Å². The van der Waals surface area contributed by atoms with Gasteiger partial charge in [0.25, 0.3) is 0 Å². The highest BCUT2D eigenvalue weighted by atomic mass is 79.9. The first-order valence-electron chi connectivity index (χ1n) is 6.09. The number of carboxylic acid groups (broad SMARTS) is 1. The number of hydrogen-bond acceptors (Lipinski definition) is 2. The van der Waals surface area contributed by atoms with Crippen LogP contribution in [0.2, 0.25) is 0 Å². The van der Waals surface area contributed by atoms with E-state index in [1.807, 2.05) is 19.1 Å². The number of benzene rings is 1. The van der Waals surface area contributed by atoms with Crippen LogP contribution in [0.25, 0.3) is 0 Å². The first-order valence-corrected chi connectivity index (χ1v) is 6.88. The molecule has 0 aromatic heterocycles. The molecule has 0 aliphatic heterocycles. The van der Waals surface area contributed by atoms with E-state index in [-0.39, 0.29) is 12.3 Å². The first-order chi connectivity index (χ1) is 8.54. The summed E-state index contributed by atoms with van der Waals surface area (Å²) in [7, 11) is 1.63. The minimum Gasteiger partial charge on any atom is -0.496 e. The van der Waals surface area contributed by atoms with E-state index in [1.54, 1.807) is 7.11 Å². The Labute approximate surface area is 115 Å². The highest BCUT2D eigenvalue weighted by Crippen LogP contribution is 2.48. The highest BCUT2D eigenvalue weighted by molar-refractivity contribution is 9.10. The van der Waals surface area contributed by atoms with E-state index in [0.29, 0.717) is 5.92 Å². The third kappa shape index (κ3) is 2.69. The lowest BCUT2D eigenvalue weighted by Gasteiger charge is -2.20. The Hall–Kier alpha value is -1.03. The number of halogens is 1. The van der Waals surface area contributed by atoms with E-state index < -0.39 is 5.97 Å². The van der Waals surface area contributed by atoms with Crippen LogP contribution in [-0.2, 0) is 4.79 Å². The molecule has 1 aromatic carbocycles. The lowest BCUT2D eigenvalue weighted by Crippen LogP contribution is -2.11. The maximum Gasteiger partial charge on any atom is 0.303 e. The number of aliphatic carboxylic acids is 1. The fraction of sp³-hybridized carbons (Fsp3) is 0.500. The highest BCUT2D eigenvalue weighted by Gasteiger charge is 2.36. The number of hydrogen-bond donors (Lipinski definition) is 1. The van der Waals surface area contributed by atoms with Crippen molar-refractivity contribution in [2.75, 3.05) is 7.11 Å². The van der Waals surface area contributed by atoms with Crippen molar-refractivity contribution in [1.29, 1.82) is 0 Å². The number of aryl methyl sites for hydroxylation is 1. The molecule has 1 fully saturated rings.